The summed E-state index contributed by atoms with van der Waals surface area (Å²) >= 11 is 0. The highest BCUT2D eigenvalue weighted by atomic mass is 16.6. The molecule has 0 radical (unpaired) electrons. The van der Waals surface area contributed by atoms with E-state index in [-0.39, 0.29) is 17.9 Å². The first kappa shape index (κ1) is 20.5. The van der Waals surface area contributed by atoms with Crippen LogP contribution in [0.4, 0.5) is 11.4 Å². The number of rotatable bonds is 7. The number of nitrogens with zero attached hydrogens (tertiary/aromatic N) is 1. The fraction of sp³-hybridized carbons (Fsp3) is 0.0909. The van der Waals surface area contributed by atoms with Gasteiger partial charge in [0, 0.05) is 17.7 Å². The van der Waals surface area contributed by atoms with Gasteiger partial charge >= 0.3 is 5.97 Å². The number of hydrogen-bond donors (Lipinski definition) is 1. The molecule has 0 fully saturated rings. The van der Waals surface area contributed by atoms with Crippen LogP contribution in [0.15, 0.2) is 72.8 Å². The second-order valence-electron chi connectivity index (χ2n) is 6.23. The molecule has 0 heterocycles. The number of amides is 1. The lowest BCUT2D eigenvalue weighted by Crippen LogP contribution is -2.15. The van der Waals surface area contributed by atoms with Crippen LogP contribution < -0.4 is 10.1 Å². The number of hydrogen-bond acceptors (Lipinski definition) is 6. The van der Waals surface area contributed by atoms with Gasteiger partial charge in [0.1, 0.15) is 12.4 Å². The van der Waals surface area contributed by atoms with Crippen molar-refractivity contribution in [2.24, 2.45) is 0 Å². The Hall–Kier alpha value is -4.20. The zero-order valence-corrected chi connectivity index (χ0v) is 16.0. The Labute approximate surface area is 172 Å². The van der Waals surface area contributed by atoms with Gasteiger partial charge in [0.2, 0.25) is 0 Å². The minimum atomic E-state index is -0.660. The van der Waals surface area contributed by atoms with Gasteiger partial charge in [0.25, 0.3) is 11.6 Å². The van der Waals surface area contributed by atoms with Crippen molar-refractivity contribution in [2.45, 2.75) is 6.61 Å². The van der Waals surface area contributed by atoms with Crippen LogP contribution in [0.2, 0.25) is 0 Å². The molecule has 0 saturated heterocycles. The van der Waals surface area contributed by atoms with Crippen molar-refractivity contribution in [3.05, 3.63) is 99.6 Å². The molecule has 3 aromatic rings. The third-order valence-electron chi connectivity index (χ3n) is 4.24. The molecule has 8 nitrogen and oxygen atoms in total. The molecular weight excluding hydrogens is 388 g/mol. The molecule has 0 aliphatic heterocycles. The van der Waals surface area contributed by atoms with E-state index in [1.807, 2.05) is 0 Å². The van der Waals surface area contributed by atoms with E-state index in [1.54, 1.807) is 48.5 Å². The van der Waals surface area contributed by atoms with Gasteiger partial charge in [-0.2, -0.15) is 0 Å². The molecule has 0 aliphatic rings. The summed E-state index contributed by atoms with van der Waals surface area (Å²) in [6.45, 7) is -0.138. The predicted octanol–water partition coefficient (Wildman–Crippen LogP) is 4.21. The SMILES string of the molecule is COc1ccc(C(=O)Nc2ccccc2C(=O)OCc2cccc([N+](=O)[O-])c2)cc1. The molecule has 3 aromatic carbocycles. The molecule has 0 aliphatic carbocycles. The summed E-state index contributed by atoms with van der Waals surface area (Å²) < 4.78 is 10.3. The van der Waals surface area contributed by atoms with Crippen LogP contribution in [0.25, 0.3) is 0 Å². The Morgan fingerprint density at radius 3 is 2.43 bits per heavy atom. The first-order chi connectivity index (χ1) is 14.5. The minimum Gasteiger partial charge on any atom is -0.497 e. The molecule has 30 heavy (non-hydrogen) atoms. The van der Waals surface area contributed by atoms with E-state index in [9.17, 15) is 19.7 Å². The van der Waals surface area contributed by atoms with Crippen molar-refractivity contribution in [3.63, 3.8) is 0 Å². The molecular formula is C22H18N2O6. The fourth-order valence-corrected chi connectivity index (χ4v) is 2.69. The van der Waals surface area contributed by atoms with Gasteiger partial charge in [-0.05, 0) is 42.0 Å². The summed E-state index contributed by atoms with van der Waals surface area (Å²) in [5.74, 6) is -0.430. The van der Waals surface area contributed by atoms with E-state index in [0.717, 1.165) is 0 Å². The first-order valence-electron chi connectivity index (χ1n) is 8.93. The number of anilines is 1. The van der Waals surface area contributed by atoms with Crippen molar-refractivity contribution < 1.29 is 24.0 Å². The highest BCUT2D eigenvalue weighted by Crippen LogP contribution is 2.20. The summed E-state index contributed by atoms with van der Waals surface area (Å²) in [6.07, 6.45) is 0. The lowest BCUT2D eigenvalue weighted by Gasteiger charge is -2.11. The topological polar surface area (TPSA) is 108 Å². The van der Waals surface area contributed by atoms with Crippen LogP contribution in [0, 0.1) is 10.1 Å². The number of non-ortho nitro benzene ring substituents is 1. The van der Waals surface area contributed by atoms with E-state index in [4.69, 9.17) is 9.47 Å². The third kappa shape index (κ3) is 4.99. The quantitative estimate of drug-likeness (QED) is 0.358. The zero-order valence-electron chi connectivity index (χ0n) is 16.0. The Morgan fingerprint density at radius 2 is 1.73 bits per heavy atom. The monoisotopic (exact) mass is 406 g/mol. The molecule has 0 bridgehead atoms. The highest BCUT2D eigenvalue weighted by Gasteiger charge is 2.16. The number of carbonyl (C=O) groups is 2. The van der Waals surface area contributed by atoms with Gasteiger partial charge in [0.15, 0.2) is 0 Å². The van der Waals surface area contributed by atoms with E-state index < -0.39 is 16.8 Å². The molecule has 0 atom stereocenters. The van der Waals surface area contributed by atoms with Crippen molar-refractivity contribution in [2.75, 3.05) is 12.4 Å². The van der Waals surface area contributed by atoms with E-state index >= 15 is 0 Å². The fourth-order valence-electron chi connectivity index (χ4n) is 2.69. The third-order valence-corrected chi connectivity index (χ3v) is 4.24. The first-order valence-corrected chi connectivity index (χ1v) is 8.93. The van der Waals surface area contributed by atoms with Crippen LogP contribution in [0.3, 0.4) is 0 Å². The number of nitrogens with one attached hydrogen (secondary N) is 1. The second kappa shape index (κ2) is 9.33. The minimum absolute atomic E-state index is 0.0873. The number of esters is 1. The van der Waals surface area contributed by atoms with Gasteiger partial charge in [-0.25, -0.2) is 4.79 Å². The number of nitro benzene ring substituents is 1. The standard InChI is InChI=1S/C22H18N2O6/c1-29-18-11-9-16(10-12-18)21(25)23-20-8-3-2-7-19(20)22(26)30-14-15-5-4-6-17(13-15)24(27)28/h2-13H,14H2,1H3,(H,23,25). The van der Waals surface area contributed by atoms with E-state index in [0.29, 0.717) is 22.6 Å². The summed E-state index contributed by atoms with van der Waals surface area (Å²) in [7, 11) is 1.53. The largest absolute Gasteiger partial charge is 0.497 e. The second-order valence-corrected chi connectivity index (χ2v) is 6.23. The van der Waals surface area contributed by atoms with Gasteiger partial charge in [-0.1, -0.05) is 24.3 Å². The van der Waals surface area contributed by atoms with Gasteiger partial charge in [-0.15, -0.1) is 0 Å². The Balaban J connectivity index is 1.70. The van der Waals surface area contributed by atoms with Crippen molar-refractivity contribution in [3.8, 4) is 5.75 Å². The number of para-hydroxylation sites is 1. The van der Waals surface area contributed by atoms with E-state index in [1.165, 1.54) is 31.4 Å². The lowest BCUT2D eigenvalue weighted by molar-refractivity contribution is -0.384. The number of benzene rings is 3. The van der Waals surface area contributed by atoms with Gasteiger partial charge in [-0.3, -0.25) is 14.9 Å². The molecule has 0 saturated carbocycles. The summed E-state index contributed by atoms with van der Waals surface area (Å²) in [5, 5.41) is 13.6. The maximum atomic E-state index is 12.5. The average Bonchev–Trinajstić information content (AvgIpc) is 2.78. The maximum Gasteiger partial charge on any atom is 0.340 e. The Morgan fingerprint density at radius 1 is 1.00 bits per heavy atom. The van der Waals surface area contributed by atoms with Gasteiger partial charge in [0.05, 0.1) is 23.3 Å². The molecule has 152 valence electrons. The normalized spacial score (nSPS) is 10.2. The molecule has 1 amide bonds. The number of nitro groups is 1. The Kier molecular flexibility index (Phi) is 6.39. The number of carbonyl (C=O) groups excluding carboxylic acids is 2. The molecule has 8 heteroatoms. The molecule has 0 unspecified atom stereocenters. The van der Waals surface area contributed by atoms with Gasteiger partial charge < -0.3 is 14.8 Å². The lowest BCUT2D eigenvalue weighted by atomic mass is 10.1. The van der Waals surface area contributed by atoms with Crippen LogP contribution in [-0.4, -0.2) is 23.9 Å². The highest BCUT2D eigenvalue weighted by molar-refractivity contribution is 6.08. The van der Waals surface area contributed by atoms with Crippen LogP contribution in [0.5, 0.6) is 5.75 Å². The predicted molar refractivity (Wildman–Crippen MR) is 110 cm³/mol. The zero-order chi connectivity index (χ0) is 21.5. The smallest absolute Gasteiger partial charge is 0.340 e. The molecule has 0 spiro atoms. The maximum absolute atomic E-state index is 12.5. The molecule has 1 N–H and O–H groups in total. The number of ether oxygens (including phenoxy) is 2. The number of methoxy groups -OCH3 is 1. The van der Waals surface area contributed by atoms with E-state index in [2.05, 4.69) is 5.32 Å². The van der Waals surface area contributed by atoms with Crippen molar-refractivity contribution in [1.29, 1.82) is 0 Å². The summed E-state index contributed by atoms with van der Waals surface area (Å²) in [4.78, 5) is 35.4. The van der Waals surface area contributed by atoms with Crippen LogP contribution >= 0.6 is 0 Å². The van der Waals surface area contributed by atoms with Crippen molar-refractivity contribution >= 4 is 23.3 Å². The van der Waals surface area contributed by atoms with Crippen LogP contribution in [0.1, 0.15) is 26.3 Å². The summed E-state index contributed by atoms with van der Waals surface area (Å²) in [5.41, 5.74) is 1.26. The van der Waals surface area contributed by atoms with Crippen molar-refractivity contribution in [1.82, 2.24) is 0 Å². The van der Waals surface area contributed by atoms with Crippen LogP contribution in [-0.2, 0) is 11.3 Å². The average molecular weight is 406 g/mol. The Bertz CT molecular complexity index is 1080. The summed E-state index contributed by atoms with van der Waals surface area (Å²) in [6, 6.07) is 18.8. The molecule has 0 aromatic heterocycles. The molecule has 3 rings (SSSR count).